The molecule has 0 aliphatic heterocycles. The van der Waals surface area contributed by atoms with E-state index >= 15 is 0 Å². The van der Waals surface area contributed by atoms with Crippen molar-refractivity contribution >= 4 is 12.0 Å². The van der Waals surface area contributed by atoms with Gasteiger partial charge < -0.3 is 10.4 Å². The minimum absolute atomic E-state index is 0.0266. The number of amides is 1. The van der Waals surface area contributed by atoms with Gasteiger partial charge in [-0.15, -0.1) is 0 Å². The molecule has 0 aliphatic carbocycles. The van der Waals surface area contributed by atoms with Crippen molar-refractivity contribution in [1.82, 2.24) is 5.32 Å². The Balaban J connectivity index is 3.18. The molecule has 0 saturated carbocycles. The van der Waals surface area contributed by atoms with Crippen molar-refractivity contribution < 1.29 is 14.7 Å². The van der Waals surface area contributed by atoms with Crippen LogP contribution in [0.4, 0.5) is 4.79 Å². The first kappa shape index (κ1) is 6.72. The van der Waals surface area contributed by atoms with Gasteiger partial charge in [-0.05, 0) is 0 Å². The number of nitrogens with one attached hydrogen (secondary N) is 1. The third-order valence-corrected chi connectivity index (χ3v) is 0.439. The van der Waals surface area contributed by atoms with Crippen LogP contribution in [0, 0.1) is 0 Å². The minimum atomic E-state index is -1.14. The maximum Gasteiger partial charge on any atom is 0.404 e. The predicted octanol–water partition coefficient (Wildman–Crippen LogP) is -0.358. The van der Waals surface area contributed by atoms with E-state index in [2.05, 4.69) is 0 Å². The third-order valence-electron chi connectivity index (χ3n) is 0.439. The molecule has 8 heavy (non-hydrogen) atoms. The van der Waals surface area contributed by atoms with Crippen LogP contribution in [-0.4, -0.2) is 23.7 Å². The molecule has 44 valence electrons. The van der Waals surface area contributed by atoms with E-state index in [1.165, 1.54) is 5.94 Å². The van der Waals surface area contributed by atoms with Gasteiger partial charge >= 0.3 is 6.09 Å². The summed E-state index contributed by atoms with van der Waals surface area (Å²) in [5.41, 5.74) is 0. The fourth-order valence-corrected chi connectivity index (χ4v) is 0.180. The lowest BCUT2D eigenvalue weighted by Gasteiger charge is -1.87. The van der Waals surface area contributed by atoms with E-state index in [4.69, 9.17) is 5.11 Å². The Labute approximate surface area is 45.8 Å². The Morgan fingerprint density at radius 1 is 1.88 bits per heavy atom. The first-order chi connectivity index (χ1) is 3.77. The summed E-state index contributed by atoms with van der Waals surface area (Å²) in [5, 5.41) is 9.82. The van der Waals surface area contributed by atoms with Crippen LogP contribution in [-0.2, 0) is 4.79 Å². The van der Waals surface area contributed by atoms with E-state index in [0.717, 1.165) is 6.08 Å². The van der Waals surface area contributed by atoms with E-state index in [1.54, 1.807) is 0 Å². The van der Waals surface area contributed by atoms with Crippen LogP contribution >= 0.6 is 0 Å². The SMILES string of the molecule is O=C=CCNC(=O)O. The molecular weight excluding hydrogens is 110 g/mol. The van der Waals surface area contributed by atoms with Crippen molar-refractivity contribution in [2.45, 2.75) is 0 Å². The molecule has 1 amide bonds. The smallest absolute Gasteiger partial charge is 0.404 e. The van der Waals surface area contributed by atoms with E-state index < -0.39 is 6.09 Å². The molecule has 0 aromatic carbocycles. The molecule has 0 radical (unpaired) electrons. The maximum atomic E-state index is 9.61. The van der Waals surface area contributed by atoms with Gasteiger partial charge in [0.2, 0.25) is 0 Å². The maximum absolute atomic E-state index is 9.61. The number of carboxylic acid groups (broad SMARTS) is 1. The standard InChI is InChI=1S/C4H5NO3/c6-3-1-2-5-4(7)8/h1,5H,2H2,(H,7,8). The quantitative estimate of drug-likeness (QED) is 0.483. The Bertz CT molecular complexity index is 123. The zero-order valence-electron chi connectivity index (χ0n) is 4.05. The zero-order chi connectivity index (χ0) is 6.41. The normalized spacial score (nSPS) is 7.00. The van der Waals surface area contributed by atoms with Crippen LogP contribution in [0.25, 0.3) is 0 Å². The van der Waals surface area contributed by atoms with Crippen molar-refractivity contribution in [1.29, 1.82) is 0 Å². The number of hydrogen-bond donors (Lipinski definition) is 2. The van der Waals surface area contributed by atoms with Crippen molar-refractivity contribution in [3.05, 3.63) is 6.08 Å². The van der Waals surface area contributed by atoms with Crippen LogP contribution in [0.3, 0.4) is 0 Å². The highest BCUT2D eigenvalue weighted by Crippen LogP contribution is 1.58. The lowest BCUT2D eigenvalue weighted by molar-refractivity contribution is 0.195. The van der Waals surface area contributed by atoms with E-state index in [0.29, 0.717) is 0 Å². The molecule has 0 saturated heterocycles. The van der Waals surface area contributed by atoms with Gasteiger partial charge in [-0.25, -0.2) is 9.59 Å². The Hall–Kier alpha value is -1.28. The third kappa shape index (κ3) is 4.72. The lowest BCUT2D eigenvalue weighted by Crippen LogP contribution is -2.20. The predicted molar refractivity (Wildman–Crippen MR) is 26.3 cm³/mol. The van der Waals surface area contributed by atoms with Gasteiger partial charge in [0.25, 0.3) is 0 Å². The van der Waals surface area contributed by atoms with Gasteiger partial charge in [0.15, 0.2) is 0 Å². The molecule has 4 heteroatoms. The van der Waals surface area contributed by atoms with Gasteiger partial charge in [0.1, 0.15) is 5.94 Å². The van der Waals surface area contributed by atoms with Gasteiger partial charge in [-0.2, -0.15) is 0 Å². The summed E-state index contributed by atoms with van der Waals surface area (Å²) in [5.74, 6) is 1.42. The summed E-state index contributed by atoms with van der Waals surface area (Å²) in [4.78, 5) is 19.0. The Morgan fingerprint density at radius 3 is 2.88 bits per heavy atom. The first-order valence-corrected chi connectivity index (χ1v) is 1.93. The monoisotopic (exact) mass is 115 g/mol. The van der Waals surface area contributed by atoms with Crippen molar-refractivity contribution in [3.8, 4) is 0 Å². The lowest BCUT2D eigenvalue weighted by atomic mass is 10.6. The molecule has 0 aliphatic rings. The van der Waals surface area contributed by atoms with Crippen molar-refractivity contribution in [2.75, 3.05) is 6.54 Å². The van der Waals surface area contributed by atoms with E-state index in [1.807, 2.05) is 5.32 Å². The summed E-state index contributed by atoms with van der Waals surface area (Å²) in [6.45, 7) is 0.0266. The molecular formula is C4H5NO3. The number of carbonyl (C=O) groups is 1. The second-order valence-electron chi connectivity index (χ2n) is 1.01. The van der Waals surface area contributed by atoms with Crippen LogP contribution < -0.4 is 5.32 Å². The molecule has 2 N–H and O–H groups in total. The minimum Gasteiger partial charge on any atom is -0.465 e. The molecule has 0 atom stereocenters. The van der Waals surface area contributed by atoms with Gasteiger partial charge in [0, 0.05) is 12.6 Å². The summed E-state index contributed by atoms with van der Waals surface area (Å²) >= 11 is 0. The highest BCUT2D eigenvalue weighted by Gasteiger charge is 1.86. The molecule has 0 rings (SSSR count). The van der Waals surface area contributed by atoms with Gasteiger partial charge in [-0.1, -0.05) is 0 Å². The number of rotatable bonds is 2. The highest BCUT2D eigenvalue weighted by molar-refractivity contribution is 5.65. The second-order valence-corrected chi connectivity index (χ2v) is 1.01. The largest absolute Gasteiger partial charge is 0.465 e. The molecule has 4 nitrogen and oxygen atoms in total. The van der Waals surface area contributed by atoms with Crippen LogP contribution in [0.15, 0.2) is 6.08 Å². The van der Waals surface area contributed by atoms with Crippen LogP contribution in [0.2, 0.25) is 0 Å². The average molecular weight is 115 g/mol. The first-order valence-electron chi connectivity index (χ1n) is 1.93. The fraction of sp³-hybridized carbons (Fsp3) is 0.250. The van der Waals surface area contributed by atoms with E-state index in [-0.39, 0.29) is 6.54 Å². The molecule has 0 fully saturated rings. The number of carbonyl (C=O) groups excluding carboxylic acids is 1. The molecule has 0 spiro atoms. The molecule has 0 bridgehead atoms. The molecule has 0 unspecified atom stereocenters. The summed E-state index contributed by atoms with van der Waals surface area (Å²) in [6.07, 6.45) is -0.0924. The van der Waals surface area contributed by atoms with Gasteiger partial charge in [-0.3, -0.25) is 0 Å². The summed E-state index contributed by atoms with van der Waals surface area (Å²) < 4.78 is 0. The fourth-order valence-electron chi connectivity index (χ4n) is 0.180. The van der Waals surface area contributed by atoms with E-state index in [9.17, 15) is 9.59 Å². The Kier molecular flexibility index (Phi) is 3.27. The molecule has 0 aromatic rings. The van der Waals surface area contributed by atoms with Gasteiger partial charge in [0.05, 0.1) is 0 Å². The second kappa shape index (κ2) is 3.89. The summed E-state index contributed by atoms with van der Waals surface area (Å²) in [6, 6.07) is 0. The highest BCUT2D eigenvalue weighted by atomic mass is 16.4. The topological polar surface area (TPSA) is 66.4 Å². The van der Waals surface area contributed by atoms with Crippen molar-refractivity contribution in [3.63, 3.8) is 0 Å². The average Bonchev–Trinajstić information content (AvgIpc) is 1.66. The van der Waals surface area contributed by atoms with Crippen molar-refractivity contribution in [2.24, 2.45) is 0 Å². The van der Waals surface area contributed by atoms with Crippen LogP contribution in [0.1, 0.15) is 0 Å². The molecule has 0 heterocycles. The summed E-state index contributed by atoms with van der Waals surface area (Å²) in [7, 11) is 0. The van der Waals surface area contributed by atoms with Crippen LogP contribution in [0.5, 0.6) is 0 Å². The Morgan fingerprint density at radius 2 is 2.50 bits per heavy atom. The number of hydrogen-bond acceptors (Lipinski definition) is 2. The molecule has 0 aromatic heterocycles. The zero-order valence-corrected chi connectivity index (χ0v) is 4.05.